The molecule has 6 nitrogen and oxygen atoms in total. The Labute approximate surface area is 175 Å². The van der Waals surface area contributed by atoms with Crippen molar-refractivity contribution < 1.29 is 13.2 Å². The van der Waals surface area contributed by atoms with Crippen LogP contribution in [0.4, 0.5) is 5.69 Å². The second-order valence-corrected chi connectivity index (χ2v) is 9.28. The van der Waals surface area contributed by atoms with Crippen LogP contribution in [-0.2, 0) is 10.0 Å². The molecular weight excluding hydrogens is 462 g/mol. The van der Waals surface area contributed by atoms with E-state index >= 15 is 0 Å². The Bertz CT molecular complexity index is 1110. The molecule has 2 aromatic carbocycles. The van der Waals surface area contributed by atoms with E-state index in [1.807, 2.05) is 11.4 Å². The van der Waals surface area contributed by atoms with Gasteiger partial charge in [0.25, 0.3) is 15.9 Å². The van der Waals surface area contributed by atoms with Gasteiger partial charge in [0.15, 0.2) is 0 Å². The van der Waals surface area contributed by atoms with Crippen LogP contribution in [0.25, 0.3) is 0 Å². The van der Waals surface area contributed by atoms with Crippen molar-refractivity contribution in [3.63, 3.8) is 0 Å². The Morgan fingerprint density at radius 1 is 1.07 bits per heavy atom. The molecule has 9 heteroatoms. The SMILES string of the molecule is C/C(=N\NS(=O)(=O)c1ccc(Br)cc1)c1cccc(NC(=O)c2cccs2)c1. The fourth-order valence-electron chi connectivity index (χ4n) is 2.28. The van der Waals surface area contributed by atoms with Crippen LogP contribution in [0.5, 0.6) is 0 Å². The van der Waals surface area contributed by atoms with Crippen molar-refractivity contribution >= 4 is 54.6 Å². The maximum Gasteiger partial charge on any atom is 0.276 e. The molecule has 3 aromatic rings. The van der Waals surface area contributed by atoms with Crippen molar-refractivity contribution in [1.29, 1.82) is 0 Å². The van der Waals surface area contributed by atoms with Crippen LogP contribution in [0, 0.1) is 0 Å². The number of anilines is 1. The number of hydrogen-bond acceptors (Lipinski definition) is 5. The van der Waals surface area contributed by atoms with E-state index in [0.29, 0.717) is 21.8 Å². The lowest BCUT2D eigenvalue weighted by Crippen LogP contribution is -2.20. The van der Waals surface area contributed by atoms with Crippen molar-refractivity contribution in [3.05, 3.63) is 81.0 Å². The maximum absolute atomic E-state index is 12.3. The second-order valence-electron chi connectivity index (χ2n) is 5.76. The van der Waals surface area contributed by atoms with Crippen LogP contribution >= 0.6 is 27.3 Å². The summed E-state index contributed by atoms with van der Waals surface area (Å²) in [6.07, 6.45) is 0. The molecule has 0 unspecified atom stereocenters. The maximum atomic E-state index is 12.3. The van der Waals surface area contributed by atoms with Gasteiger partial charge in [-0.15, -0.1) is 11.3 Å². The zero-order chi connectivity index (χ0) is 20.1. The molecule has 0 aliphatic heterocycles. The third-order valence-electron chi connectivity index (χ3n) is 3.74. The van der Waals surface area contributed by atoms with Crippen molar-refractivity contribution in [2.45, 2.75) is 11.8 Å². The van der Waals surface area contributed by atoms with Gasteiger partial charge in [0.1, 0.15) is 0 Å². The Morgan fingerprint density at radius 2 is 1.82 bits per heavy atom. The summed E-state index contributed by atoms with van der Waals surface area (Å²) >= 11 is 4.62. The van der Waals surface area contributed by atoms with Gasteiger partial charge in [0.05, 0.1) is 15.5 Å². The quantitative estimate of drug-likeness (QED) is 0.405. The molecule has 0 bridgehead atoms. The van der Waals surface area contributed by atoms with E-state index in [1.54, 1.807) is 49.4 Å². The van der Waals surface area contributed by atoms with Crippen LogP contribution in [0.1, 0.15) is 22.2 Å². The van der Waals surface area contributed by atoms with Crippen LogP contribution in [0.2, 0.25) is 0 Å². The molecular formula is C19H16BrN3O3S2. The summed E-state index contributed by atoms with van der Waals surface area (Å²) in [4.78, 5) is 15.1. The van der Waals surface area contributed by atoms with Gasteiger partial charge in [-0.2, -0.15) is 18.4 Å². The molecule has 2 N–H and O–H groups in total. The van der Waals surface area contributed by atoms with E-state index in [1.165, 1.54) is 23.5 Å². The van der Waals surface area contributed by atoms with Crippen LogP contribution in [-0.4, -0.2) is 20.0 Å². The normalized spacial score (nSPS) is 11.9. The lowest BCUT2D eigenvalue weighted by molar-refractivity contribution is 0.103. The van der Waals surface area contributed by atoms with Gasteiger partial charge >= 0.3 is 0 Å². The smallest absolute Gasteiger partial charge is 0.276 e. The number of hydrazone groups is 1. The van der Waals surface area contributed by atoms with Crippen molar-refractivity contribution in [1.82, 2.24) is 4.83 Å². The lowest BCUT2D eigenvalue weighted by atomic mass is 10.1. The first kappa shape index (κ1) is 20.2. The highest BCUT2D eigenvalue weighted by atomic mass is 79.9. The zero-order valence-electron chi connectivity index (χ0n) is 14.7. The predicted octanol–water partition coefficient (Wildman–Crippen LogP) is 4.47. The number of nitrogens with one attached hydrogen (secondary N) is 2. The highest BCUT2D eigenvalue weighted by Gasteiger charge is 2.13. The number of amides is 1. The van der Waals surface area contributed by atoms with Gasteiger partial charge < -0.3 is 5.32 Å². The Kier molecular flexibility index (Phi) is 6.28. The fraction of sp³-hybridized carbons (Fsp3) is 0.0526. The number of thiophene rings is 1. The van der Waals surface area contributed by atoms with Gasteiger partial charge in [-0.25, -0.2) is 0 Å². The minimum absolute atomic E-state index is 0.115. The van der Waals surface area contributed by atoms with E-state index in [-0.39, 0.29) is 10.8 Å². The number of halogens is 1. The van der Waals surface area contributed by atoms with Crippen molar-refractivity contribution in [2.24, 2.45) is 5.10 Å². The summed E-state index contributed by atoms with van der Waals surface area (Å²) in [5.74, 6) is -0.197. The number of carbonyl (C=O) groups excluding carboxylic acids is 1. The van der Waals surface area contributed by atoms with Gasteiger partial charge in [-0.05, 0) is 60.3 Å². The van der Waals surface area contributed by atoms with Crippen LogP contribution in [0.3, 0.4) is 0 Å². The number of sulfonamides is 1. The van der Waals surface area contributed by atoms with Gasteiger partial charge in [-0.1, -0.05) is 34.1 Å². The summed E-state index contributed by atoms with van der Waals surface area (Å²) in [6.45, 7) is 1.68. The first-order chi connectivity index (χ1) is 13.3. The Morgan fingerprint density at radius 3 is 2.50 bits per heavy atom. The largest absolute Gasteiger partial charge is 0.321 e. The molecule has 144 valence electrons. The summed E-state index contributed by atoms with van der Waals surface area (Å²) in [7, 11) is -3.77. The molecule has 0 aliphatic carbocycles. The Hall–Kier alpha value is -2.49. The molecule has 3 rings (SSSR count). The molecule has 1 amide bonds. The molecule has 0 fully saturated rings. The number of nitrogens with zero attached hydrogens (tertiary/aromatic N) is 1. The van der Waals surface area contributed by atoms with Gasteiger partial charge in [-0.3, -0.25) is 4.79 Å². The minimum atomic E-state index is -3.77. The number of hydrogen-bond donors (Lipinski definition) is 2. The molecule has 1 heterocycles. The van der Waals surface area contributed by atoms with Crippen molar-refractivity contribution in [3.8, 4) is 0 Å². The fourth-order valence-corrected chi connectivity index (χ4v) is 4.02. The number of benzene rings is 2. The topological polar surface area (TPSA) is 87.6 Å². The van der Waals surface area contributed by atoms with E-state index in [4.69, 9.17) is 0 Å². The summed E-state index contributed by atoms with van der Waals surface area (Å²) in [5, 5.41) is 8.64. The first-order valence-electron chi connectivity index (χ1n) is 8.12. The molecule has 0 aliphatic rings. The summed E-state index contributed by atoms with van der Waals surface area (Å²) < 4.78 is 25.5. The van der Waals surface area contributed by atoms with Crippen LogP contribution < -0.4 is 10.1 Å². The third kappa shape index (κ3) is 5.06. The van der Waals surface area contributed by atoms with E-state index in [2.05, 4.69) is 31.2 Å². The lowest BCUT2D eigenvalue weighted by Gasteiger charge is -2.08. The molecule has 0 saturated heterocycles. The number of carbonyl (C=O) groups is 1. The monoisotopic (exact) mass is 477 g/mol. The summed E-state index contributed by atoms with van der Waals surface area (Å²) in [5.41, 5.74) is 1.75. The van der Waals surface area contributed by atoms with E-state index < -0.39 is 10.0 Å². The average Bonchev–Trinajstić information content (AvgIpc) is 3.22. The van der Waals surface area contributed by atoms with Crippen LogP contribution in [0.15, 0.2) is 80.5 Å². The highest BCUT2D eigenvalue weighted by Crippen LogP contribution is 2.17. The van der Waals surface area contributed by atoms with E-state index in [9.17, 15) is 13.2 Å². The highest BCUT2D eigenvalue weighted by molar-refractivity contribution is 9.10. The van der Waals surface area contributed by atoms with E-state index in [0.717, 1.165) is 4.47 Å². The molecule has 0 saturated carbocycles. The minimum Gasteiger partial charge on any atom is -0.321 e. The molecule has 0 atom stereocenters. The third-order valence-corrected chi connectivity index (χ3v) is 6.36. The molecule has 28 heavy (non-hydrogen) atoms. The van der Waals surface area contributed by atoms with Gasteiger partial charge in [0.2, 0.25) is 0 Å². The van der Waals surface area contributed by atoms with Crippen molar-refractivity contribution in [2.75, 3.05) is 5.32 Å². The second kappa shape index (κ2) is 8.68. The molecule has 1 aromatic heterocycles. The summed E-state index contributed by atoms with van der Waals surface area (Å²) in [6, 6.07) is 16.9. The number of rotatable bonds is 6. The average molecular weight is 478 g/mol. The molecule has 0 radical (unpaired) electrons. The standard InChI is InChI=1S/C19H16BrN3O3S2/c1-13(22-23-28(25,26)17-9-7-15(20)8-10-17)14-4-2-5-16(12-14)21-19(24)18-6-3-11-27-18/h2-12,23H,1H3,(H,21,24)/b22-13+. The predicted molar refractivity (Wildman–Crippen MR) is 115 cm³/mol. The molecule has 0 spiro atoms. The van der Waals surface area contributed by atoms with Gasteiger partial charge in [0, 0.05) is 10.2 Å². The zero-order valence-corrected chi connectivity index (χ0v) is 17.9. The Balaban J connectivity index is 1.74. The first-order valence-corrected chi connectivity index (χ1v) is 11.3.